The zero-order valence-electron chi connectivity index (χ0n) is 8.57. The van der Waals surface area contributed by atoms with E-state index in [1.54, 1.807) is 11.3 Å². The Labute approximate surface area is 93.4 Å². The van der Waals surface area contributed by atoms with Gasteiger partial charge in [0.1, 0.15) is 0 Å². The summed E-state index contributed by atoms with van der Waals surface area (Å²) < 4.78 is 1.27. The third-order valence-corrected chi connectivity index (χ3v) is 4.37. The molecule has 1 fully saturated rings. The van der Waals surface area contributed by atoms with Crippen LogP contribution in [0.3, 0.4) is 0 Å². The van der Waals surface area contributed by atoms with Gasteiger partial charge in [0.05, 0.1) is 5.60 Å². The molecule has 1 saturated carbocycles. The van der Waals surface area contributed by atoms with Crippen LogP contribution in [-0.4, -0.2) is 5.11 Å². The van der Waals surface area contributed by atoms with Gasteiger partial charge in [0, 0.05) is 10.3 Å². The molecular weight excluding hydrogens is 204 g/mol. The molecule has 1 aliphatic carbocycles. The smallest absolute Gasteiger partial charge is 0.0910 e. The van der Waals surface area contributed by atoms with Crippen molar-refractivity contribution in [3.8, 4) is 0 Å². The molecule has 2 heteroatoms. The number of thiophene rings is 1. The lowest BCUT2D eigenvalue weighted by atomic mass is 9.91. The van der Waals surface area contributed by atoms with E-state index in [0.717, 1.165) is 31.2 Å². The highest BCUT2D eigenvalue weighted by Gasteiger charge is 2.34. The first-order valence-corrected chi connectivity index (χ1v) is 6.37. The molecule has 0 aliphatic heterocycles. The van der Waals surface area contributed by atoms with Gasteiger partial charge in [0.25, 0.3) is 0 Å². The largest absolute Gasteiger partial charge is 0.385 e. The Kier molecular flexibility index (Phi) is 2.08. The molecule has 78 valence electrons. The van der Waals surface area contributed by atoms with Crippen LogP contribution < -0.4 is 0 Å². The van der Waals surface area contributed by atoms with Crippen LogP contribution >= 0.6 is 11.3 Å². The summed E-state index contributed by atoms with van der Waals surface area (Å²) in [5.74, 6) is 0. The molecule has 0 atom stereocenters. The van der Waals surface area contributed by atoms with E-state index in [4.69, 9.17) is 0 Å². The van der Waals surface area contributed by atoms with Crippen LogP contribution in [0.5, 0.6) is 0 Å². The second kappa shape index (κ2) is 3.32. The van der Waals surface area contributed by atoms with E-state index >= 15 is 0 Å². The number of rotatable bonds is 1. The molecule has 1 aliphatic rings. The predicted molar refractivity (Wildman–Crippen MR) is 64.2 cm³/mol. The van der Waals surface area contributed by atoms with Gasteiger partial charge in [-0.25, -0.2) is 0 Å². The number of fused-ring (bicyclic) bond motifs is 1. The van der Waals surface area contributed by atoms with E-state index in [2.05, 4.69) is 29.6 Å². The predicted octanol–water partition coefficient (Wildman–Crippen LogP) is 3.66. The molecule has 0 unspecified atom stereocenters. The quantitative estimate of drug-likeness (QED) is 0.774. The van der Waals surface area contributed by atoms with Gasteiger partial charge in [0.2, 0.25) is 0 Å². The Balaban J connectivity index is 2.21. The Bertz CT molecular complexity index is 480. The maximum Gasteiger partial charge on any atom is 0.0910 e. The normalized spacial score (nSPS) is 19.8. The lowest BCUT2D eigenvalue weighted by molar-refractivity contribution is 0.0462. The summed E-state index contributed by atoms with van der Waals surface area (Å²) >= 11 is 1.74. The zero-order chi connectivity index (χ0) is 10.3. The van der Waals surface area contributed by atoms with E-state index in [-0.39, 0.29) is 0 Å². The fraction of sp³-hybridized carbons (Fsp3) is 0.385. The topological polar surface area (TPSA) is 20.2 Å². The van der Waals surface area contributed by atoms with E-state index in [9.17, 15) is 5.11 Å². The summed E-state index contributed by atoms with van der Waals surface area (Å²) in [6.07, 6.45) is 4.14. The van der Waals surface area contributed by atoms with E-state index < -0.39 is 5.60 Å². The van der Waals surface area contributed by atoms with Crippen molar-refractivity contribution in [3.63, 3.8) is 0 Å². The average molecular weight is 218 g/mol. The second-order valence-corrected chi connectivity index (χ2v) is 5.30. The summed E-state index contributed by atoms with van der Waals surface area (Å²) in [6.45, 7) is 0. The van der Waals surface area contributed by atoms with Crippen LogP contribution in [0.15, 0.2) is 29.6 Å². The molecule has 0 amide bonds. The van der Waals surface area contributed by atoms with Gasteiger partial charge in [-0.3, -0.25) is 0 Å². The molecule has 1 heterocycles. The molecule has 2 aromatic rings. The lowest BCUT2D eigenvalue weighted by Crippen LogP contribution is -2.20. The first kappa shape index (κ1) is 9.37. The maximum atomic E-state index is 10.6. The molecule has 0 saturated heterocycles. The molecule has 15 heavy (non-hydrogen) atoms. The highest BCUT2D eigenvalue weighted by Crippen LogP contribution is 2.42. The monoisotopic (exact) mass is 218 g/mol. The highest BCUT2D eigenvalue weighted by atomic mass is 32.1. The van der Waals surface area contributed by atoms with Crippen LogP contribution in [0.25, 0.3) is 10.1 Å². The van der Waals surface area contributed by atoms with Crippen LogP contribution in [-0.2, 0) is 5.60 Å². The minimum atomic E-state index is -0.551. The molecule has 1 aromatic heterocycles. The van der Waals surface area contributed by atoms with Gasteiger partial charge in [-0.1, -0.05) is 31.0 Å². The lowest BCUT2D eigenvalue weighted by Gasteiger charge is -2.23. The van der Waals surface area contributed by atoms with E-state index in [1.807, 2.05) is 0 Å². The van der Waals surface area contributed by atoms with Crippen molar-refractivity contribution in [2.24, 2.45) is 0 Å². The summed E-state index contributed by atoms with van der Waals surface area (Å²) in [7, 11) is 0. The van der Waals surface area contributed by atoms with Crippen molar-refractivity contribution in [2.45, 2.75) is 31.3 Å². The van der Waals surface area contributed by atoms with Crippen LogP contribution in [0.4, 0.5) is 0 Å². The number of aliphatic hydroxyl groups is 1. The minimum Gasteiger partial charge on any atom is -0.385 e. The van der Waals surface area contributed by atoms with Crippen LogP contribution in [0.2, 0.25) is 0 Å². The van der Waals surface area contributed by atoms with Crippen molar-refractivity contribution < 1.29 is 5.11 Å². The van der Waals surface area contributed by atoms with Gasteiger partial charge in [0.15, 0.2) is 0 Å². The second-order valence-electron chi connectivity index (χ2n) is 4.38. The van der Waals surface area contributed by atoms with Crippen LogP contribution in [0.1, 0.15) is 31.2 Å². The van der Waals surface area contributed by atoms with Gasteiger partial charge < -0.3 is 5.11 Å². The third kappa shape index (κ3) is 1.40. The van der Waals surface area contributed by atoms with Gasteiger partial charge in [-0.15, -0.1) is 11.3 Å². The SMILES string of the molecule is OC1(c2cccc3ccsc23)CCCC1. The van der Waals surface area contributed by atoms with E-state index in [0.29, 0.717) is 0 Å². The van der Waals surface area contributed by atoms with Crippen molar-refractivity contribution in [2.75, 3.05) is 0 Å². The van der Waals surface area contributed by atoms with Gasteiger partial charge in [-0.05, 0) is 29.7 Å². The Hall–Kier alpha value is -0.860. The van der Waals surface area contributed by atoms with E-state index in [1.165, 1.54) is 10.1 Å². The molecular formula is C13H14OS. The molecule has 3 rings (SSSR count). The molecule has 1 nitrogen and oxygen atoms in total. The molecule has 0 bridgehead atoms. The number of benzene rings is 1. The Morgan fingerprint density at radius 1 is 1.13 bits per heavy atom. The molecule has 1 aromatic carbocycles. The van der Waals surface area contributed by atoms with Gasteiger partial charge in [-0.2, -0.15) is 0 Å². The first-order valence-electron chi connectivity index (χ1n) is 5.49. The number of hydrogen-bond donors (Lipinski definition) is 1. The molecule has 1 N–H and O–H groups in total. The van der Waals surface area contributed by atoms with Crippen molar-refractivity contribution in [3.05, 3.63) is 35.2 Å². The number of hydrogen-bond acceptors (Lipinski definition) is 2. The summed E-state index contributed by atoms with van der Waals surface area (Å²) in [6, 6.07) is 8.39. The maximum absolute atomic E-state index is 10.6. The standard InChI is InChI=1S/C13H14OS/c14-13(7-1-2-8-13)11-5-3-4-10-6-9-15-12(10)11/h3-6,9,14H,1-2,7-8H2. The first-order chi connectivity index (χ1) is 7.30. The van der Waals surface area contributed by atoms with Crippen LogP contribution in [0, 0.1) is 0 Å². The molecule has 0 spiro atoms. The Morgan fingerprint density at radius 3 is 2.73 bits per heavy atom. The Morgan fingerprint density at radius 2 is 1.93 bits per heavy atom. The highest BCUT2D eigenvalue weighted by molar-refractivity contribution is 7.17. The third-order valence-electron chi connectivity index (χ3n) is 3.41. The fourth-order valence-electron chi connectivity index (χ4n) is 2.59. The summed E-state index contributed by atoms with van der Waals surface area (Å²) in [5, 5.41) is 14.0. The van der Waals surface area contributed by atoms with Crippen molar-refractivity contribution in [1.29, 1.82) is 0 Å². The minimum absolute atomic E-state index is 0.551. The molecule has 0 radical (unpaired) electrons. The summed E-state index contributed by atoms with van der Waals surface area (Å²) in [4.78, 5) is 0. The van der Waals surface area contributed by atoms with Gasteiger partial charge >= 0.3 is 0 Å². The van der Waals surface area contributed by atoms with Crippen molar-refractivity contribution >= 4 is 21.4 Å². The summed E-state index contributed by atoms with van der Waals surface area (Å²) in [5.41, 5.74) is 0.595. The fourth-order valence-corrected chi connectivity index (χ4v) is 3.60. The average Bonchev–Trinajstić information content (AvgIpc) is 2.85. The van der Waals surface area contributed by atoms with Crippen molar-refractivity contribution in [1.82, 2.24) is 0 Å². The zero-order valence-corrected chi connectivity index (χ0v) is 9.39.